The third kappa shape index (κ3) is 2.63. The lowest BCUT2D eigenvalue weighted by Gasteiger charge is -2.01. The van der Waals surface area contributed by atoms with E-state index >= 15 is 0 Å². The summed E-state index contributed by atoms with van der Waals surface area (Å²) in [6.45, 7) is 3.93. The molecule has 2 rings (SSSR count). The summed E-state index contributed by atoms with van der Waals surface area (Å²) in [7, 11) is 0. The van der Waals surface area contributed by atoms with Gasteiger partial charge in [-0.25, -0.2) is 4.79 Å². The lowest BCUT2D eigenvalue weighted by molar-refractivity contribution is -0.131. The first-order valence-corrected chi connectivity index (χ1v) is 5.38. The third-order valence-electron chi connectivity index (χ3n) is 2.43. The highest BCUT2D eigenvalue weighted by Crippen LogP contribution is 2.23. The largest absolute Gasteiger partial charge is 0.478 e. The van der Waals surface area contributed by atoms with Crippen LogP contribution in [0.5, 0.6) is 0 Å². The number of nitrogens with zero attached hydrogens (tertiary/aromatic N) is 2. The van der Waals surface area contributed by atoms with E-state index in [-0.39, 0.29) is 5.89 Å². The lowest BCUT2D eigenvalue weighted by atomic mass is 10.1. The number of hydrogen-bond donors (Lipinski definition) is 1. The molecule has 2 aromatic rings. The predicted molar refractivity (Wildman–Crippen MR) is 65.9 cm³/mol. The molecule has 1 aromatic heterocycles. The van der Waals surface area contributed by atoms with Crippen molar-refractivity contribution in [3.8, 4) is 11.5 Å². The van der Waals surface area contributed by atoms with E-state index in [1.807, 2.05) is 32.0 Å². The zero-order chi connectivity index (χ0) is 13.1. The minimum Gasteiger partial charge on any atom is -0.478 e. The van der Waals surface area contributed by atoms with E-state index < -0.39 is 5.97 Å². The van der Waals surface area contributed by atoms with Gasteiger partial charge in [-0.05, 0) is 25.5 Å². The van der Waals surface area contributed by atoms with Gasteiger partial charge in [0, 0.05) is 17.7 Å². The third-order valence-corrected chi connectivity index (χ3v) is 2.43. The quantitative estimate of drug-likeness (QED) is 0.839. The number of hydrogen-bond acceptors (Lipinski definition) is 4. The van der Waals surface area contributed by atoms with Gasteiger partial charge in [0.05, 0.1) is 0 Å². The summed E-state index contributed by atoms with van der Waals surface area (Å²) >= 11 is 0. The van der Waals surface area contributed by atoms with Crippen molar-refractivity contribution in [3.63, 3.8) is 0 Å². The fourth-order valence-corrected chi connectivity index (χ4v) is 1.52. The van der Waals surface area contributed by atoms with E-state index in [0.29, 0.717) is 5.89 Å². The zero-order valence-corrected chi connectivity index (χ0v) is 10.0. The Morgan fingerprint density at radius 3 is 2.83 bits per heavy atom. The van der Waals surface area contributed by atoms with Crippen LogP contribution in [0.25, 0.3) is 17.5 Å². The molecule has 92 valence electrons. The zero-order valence-electron chi connectivity index (χ0n) is 10.0. The first kappa shape index (κ1) is 12.0. The summed E-state index contributed by atoms with van der Waals surface area (Å²) in [5, 5.41) is 16.2. The number of carboxylic acid groups (broad SMARTS) is 1. The molecule has 0 saturated heterocycles. The highest BCUT2D eigenvalue weighted by molar-refractivity contribution is 5.84. The Balaban J connectivity index is 2.35. The van der Waals surface area contributed by atoms with Crippen molar-refractivity contribution in [2.75, 3.05) is 0 Å². The summed E-state index contributed by atoms with van der Waals surface area (Å²) in [5.74, 6) is -0.490. The number of carboxylic acids is 1. The second kappa shape index (κ2) is 4.83. The van der Waals surface area contributed by atoms with E-state index in [2.05, 4.69) is 10.2 Å². The maximum Gasteiger partial charge on any atom is 0.328 e. The molecular formula is C13H12N2O3. The molecule has 0 amide bonds. The smallest absolute Gasteiger partial charge is 0.328 e. The van der Waals surface area contributed by atoms with Crippen LogP contribution in [0.1, 0.15) is 17.0 Å². The van der Waals surface area contributed by atoms with Crippen molar-refractivity contribution in [3.05, 3.63) is 41.3 Å². The molecule has 0 fully saturated rings. The van der Waals surface area contributed by atoms with Crippen LogP contribution in [0.2, 0.25) is 0 Å². The minimum absolute atomic E-state index is 0.174. The summed E-state index contributed by atoms with van der Waals surface area (Å²) in [6.07, 6.45) is 2.23. The molecule has 0 atom stereocenters. The van der Waals surface area contributed by atoms with E-state index in [4.69, 9.17) is 9.52 Å². The maximum atomic E-state index is 10.4. The summed E-state index contributed by atoms with van der Waals surface area (Å²) in [6, 6.07) is 5.93. The molecule has 0 bridgehead atoms. The average molecular weight is 244 g/mol. The Bertz CT molecular complexity index is 614. The van der Waals surface area contributed by atoms with E-state index in [1.54, 1.807) is 0 Å². The minimum atomic E-state index is -1.05. The molecule has 0 aliphatic heterocycles. The second-order valence-corrected chi connectivity index (χ2v) is 3.94. The number of benzene rings is 1. The highest BCUT2D eigenvalue weighted by Gasteiger charge is 2.09. The lowest BCUT2D eigenvalue weighted by Crippen LogP contribution is -1.85. The number of carbonyl (C=O) groups is 1. The van der Waals surface area contributed by atoms with Crippen LogP contribution in [0, 0.1) is 13.8 Å². The first-order valence-electron chi connectivity index (χ1n) is 5.38. The maximum absolute atomic E-state index is 10.4. The molecular weight excluding hydrogens is 232 g/mol. The molecule has 1 N–H and O–H groups in total. The van der Waals surface area contributed by atoms with Gasteiger partial charge in [-0.3, -0.25) is 0 Å². The molecule has 0 unspecified atom stereocenters. The average Bonchev–Trinajstić information content (AvgIpc) is 2.78. The monoisotopic (exact) mass is 244 g/mol. The molecule has 0 aliphatic carbocycles. The number of aryl methyl sites for hydroxylation is 2. The Morgan fingerprint density at radius 2 is 2.11 bits per heavy atom. The van der Waals surface area contributed by atoms with Gasteiger partial charge in [0.2, 0.25) is 11.8 Å². The normalized spacial score (nSPS) is 11.0. The van der Waals surface area contributed by atoms with E-state index in [9.17, 15) is 4.79 Å². The number of rotatable bonds is 3. The van der Waals surface area contributed by atoms with Gasteiger partial charge in [0.1, 0.15) is 0 Å². The summed E-state index contributed by atoms with van der Waals surface area (Å²) in [4.78, 5) is 10.4. The number of aromatic nitrogens is 2. The van der Waals surface area contributed by atoms with Crippen molar-refractivity contribution in [2.45, 2.75) is 13.8 Å². The Labute approximate surface area is 104 Å². The molecule has 5 heteroatoms. The molecule has 0 saturated carbocycles. The SMILES string of the molecule is Cc1ccc(C)c(-c2nnc(/C=C/C(=O)O)o2)c1. The fourth-order valence-electron chi connectivity index (χ4n) is 1.52. The Hall–Kier alpha value is -2.43. The van der Waals surface area contributed by atoms with Crippen LogP contribution in [-0.4, -0.2) is 21.3 Å². The second-order valence-electron chi connectivity index (χ2n) is 3.94. The topological polar surface area (TPSA) is 76.2 Å². The van der Waals surface area contributed by atoms with E-state index in [1.165, 1.54) is 6.08 Å². The van der Waals surface area contributed by atoms with Crippen LogP contribution in [0.15, 0.2) is 28.7 Å². The van der Waals surface area contributed by atoms with Gasteiger partial charge in [0.15, 0.2) is 0 Å². The predicted octanol–water partition coefficient (Wildman–Crippen LogP) is 2.45. The van der Waals surface area contributed by atoms with Gasteiger partial charge in [-0.2, -0.15) is 0 Å². The van der Waals surface area contributed by atoms with Crippen LogP contribution in [0.4, 0.5) is 0 Å². The van der Waals surface area contributed by atoms with E-state index in [0.717, 1.165) is 22.8 Å². The van der Waals surface area contributed by atoms with Crippen LogP contribution < -0.4 is 0 Å². The van der Waals surface area contributed by atoms with Crippen molar-refractivity contribution in [1.82, 2.24) is 10.2 Å². The standard InChI is InChI=1S/C13H12N2O3/c1-8-3-4-9(2)10(7-8)13-15-14-11(18-13)5-6-12(16)17/h3-7H,1-2H3,(H,16,17)/b6-5+. The molecule has 1 heterocycles. The van der Waals surface area contributed by atoms with Gasteiger partial charge in [0.25, 0.3) is 0 Å². The van der Waals surface area contributed by atoms with Crippen LogP contribution >= 0.6 is 0 Å². The molecule has 0 spiro atoms. The van der Waals surface area contributed by atoms with Gasteiger partial charge in [-0.1, -0.05) is 17.7 Å². The van der Waals surface area contributed by atoms with Gasteiger partial charge < -0.3 is 9.52 Å². The number of aliphatic carboxylic acids is 1. The summed E-state index contributed by atoms with van der Waals surface area (Å²) < 4.78 is 5.38. The molecule has 1 aromatic carbocycles. The van der Waals surface area contributed by atoms with Crippen molar-refractivity contribution in [2.24, 2.45) is 0 Å². The van der Waals surface area contributed by atoms with Crippen molar-refractivity contribution < 1.29 is 14.3 Å². The fraction of sp³-hybridized carbons (Fsp3) is 0.154. The van der Waals surface area contributed by atoms with Crippen LogP contribution in [-0.2, 0) is 4.79 Å². The Kier molecular flexibility index (Phi) is 3.23. The van der Waals surface area contributed by atoms with Crippen molar-refractivity contribution in [1.29, 1.82) is 0 Å². The molecule has 0 aliphatic rings. The molecule has 0 radical (unpaired) electrons. The summed E-state index contributed by atoms with van der Waals surface area (Å²) in [5.41, 5.74) is 2.98. The molecule has 5 nitrogen and oxygen atoms in total. The first-order chi connectivity index (χ1) is 8.56. The molecule has 18 heavy (non-hydrogen) atoms. The Morgan fingerprint density at radius 1 is 1.33 bits per heavy atom. The van der Waals surface area contributed by atoms with Gasteiger partial charge >= 0.3 is 5.97 Å². The van der Waals surface area contributed by atoms with Crippen molar-refractivity contribution >= 4 is 12.0 Å². The van der Waals surface area contributed by atoms with Crippen LogP contribution in [0.3, 0.4) is 0 Å². The highest BCUT2D eigenvalue weighted by atomic mass is 16.4. The van der Waals surface area contributed by atoms with Gasteiger partial charge in [-0.15, -0.1) is 10.2 Å².